The number of nitro groups is 1. The molecule has 2 aromatic rings. The van der Waals surface area contributed by atoms with Crippen molar-refractivity contribution in [2.24, 2.45) is 0 Å². The summed E-state index contributed by atoms with van der Waals surface area (Å²) in [5, 5.41) is 12.8. The number of carbonyl (C=O) groups is 2. The van der Waals surface area contributed by atoms with Crippen LogP contribution >= 0.6 is 0 Å². The fourth-order valence-corrected chi connectivity index (χ4v) is 1.41. The van der Waals surface area contributed by atoms with Gasteiger partial charge in [0.1, 0.15) is 11.5 Å². The maximum Gasteiger partial charge on any atom is 0.433 e. The Balaban J connectivity index is 1.74. The van der Waals surface area contributed by atoms with Crippen LogP contribution in [0.5, 0.6) is 0 Å². The molecule has 110 valence electrons. The molecular formula is C12H10N2O7. The highest BCUT2D eigenvalue weighted by Gasteiger charge is 2.17. The van der Waals surface area contributed by atoms with Crippen molar-refractivity contribution in [2.45, 2.75) is 0 Å². The number of ether oxygens (including phenoxy) is 1. The smallest absolute Gasteiger partial charge is 0.433 e. The van der Waals surface area contributed by atoms with E-state index in [1.807, 2.05) is 0 Å². The first-order chi connectivity index (χ1) is 10.1. The molecule has 0 bridgehead atoms. The summed E-state index contributed by atoms with van der Waals surface area (Å²) in [6, 6.07) is 5.25. The Kier molecular flexibility index (Phi) is 4.34. The maximum atomic E-state index is 11.6. The van der Waals surface area contributed by atoms with E-state index in [2.05, 4.69) is 5.32 Å². The summed E-state index contributed by atoms with van der Waals surface area (Å²) in [5.74, 6) is -1.95. The Morgan fingerprint density at radius 1 is 1.29 bits per heavy atom. The van der Waals surface area contributed by atoms with E-state index in [-0.39, 0.29) is 24.7 Å². The number of rotatable bonds is 6. The van der Waals surface area contributed by atoms with E-state index < -0.39 is 22.7 Å². The average molecular weight is 294 g/mol. The zero-order valence-corrected chi connectivity index (χ0v) is 10.6. The van der Waals surface area contributed by atoms with Gasteiger partial charge in [0.15, 0.2) is 5.76 Å². The Bertz CT molecular complexity index is 644. The third kappa shape index (κ3) is 3.69. The largest absolute Gasteiger partial charge is 0.458 e. The van der Waals surface area contributed by atoms with Gasteiger partial charge in [0.25, 0.3) is 5.91 Å². The van der Waals surface area contributed by atoms with Gasteiger partial charge in [-0.15, -0.1) is 0 Å². The van der Waals surface area contributed by atoms with E-state index in [0.29, 0.717) is 0 Å². The molecule has 0 saturated carbocycles. The minimum absolute atomic E-state index is 0.0276. The van der Waals surface area contributed by atoms with Crippen LogP contribution < -0.4 is 5.32 Å². The molecule has 0 saturated heterocycles. The lowest BCUT2D eigenvalue weighted by Crippen LogP contribution is -2.27. The van der Waals surface area contributed by atoms with Crippen LogP contribution in [-0.2, 0) is 4.74 Å². The molecule has 0 fully saturated rings. The molecule has 0 unspecified atom stereocenters. The van der Waals surface area contributed by atoms with Gasteiger partial charge in [-0.1, -0.05) is 0 Å². The maximum absolute atomic E-state index is 11.6. The van der Waals surface area contributed by atoms with E-state index >= 15 is 0 Å². The van der Waals surface area contributed by atoms with Crippen molar-refractivity contribution in [2.75, 3.05) is 13.2 Å². The molecule has 2 aromatic heterocycles. The van der Waals surface area contributed by atoms with Crippen LogP contribution in [0.2, 0.25) is 0 Å². The molecule has 0 aliphatic heterocycles. The number of esters is 1. The van der Waals surface area contributed by atoms with Crippen LogP contribution in [0, 0.1) is 10.1 Å². The van der Waals surface area contributed by atoms with Gasteiger partial charge in [-0.25, -0.2) is 4.79 Å². The van der Waals surface area contributed by atoms with E-state index in [1.165, 1.54) is 18.4 Å². The number of carbonyl (C=O) groups excluding carboxylic acids is 2. The Morgan fingerprint density at radius 2 is 2.10 bits per heavy atom. The molecule has 21 heavy (non-hydrogen) atoms. The number of nitrogens with zero attached hydrogens (tertiary/aromatic N) is 1. The van der Waals surface area contributed by atoms with E-state index in [4.69, 9.17) is 13.6 Å². The highest BCUT2D eigenvalue weighted by molar-refractivity contribution is 5.91. The van der Waals surface area contributed by atoms with Gasteiger partial charge >= 0.3 is 11.9 Å². The second kappa shape index (κ2) is 6.37. The minimum Gasteiger partial charge on any atom is -0.458 e. The molecule has 0 spiro atoms. The lowest BCUT2D eigenvalue weighted by atomic mass is 10.4. The molecule has 0 atom stereocenters. The van der Waals surface area contributed by atoms with Gasteiger partial charge in [0, 0.05) is 0 Å². The summed E-state index contributed by atoms with van der Waals surface area (Å²) >= 11 is 0. The second-order valence-corrected chi connectivity index (χ2v) is 3.76. The van der Waals surface area contributed by atoms with Crippen LogP contribution in [0.4, 0.5) is 5.88 Å². The molecule has 1 N–H and O–H groups in total. The summed E-state index contributed by atoms with van der Waals surface area (Å²) in [6.45, 7) is -0.0478. The molecule has 9 heteroatoms. The standard InChI is InChI=1S/C12H10N2O7/c15-11(8-3-4-10(21-8)14(17)18)13-5-7-20-12(16)9-2-1-6-19-9/h1-4,6H,5,7H2,(H,13,15). The van der Waals surface area contributed by atoms with Gasteiger partial charge in [-0.2, -0.15) is 0 Å². The lowest BCUT2D eigenvalue weighted by molar-refractivity contribution is -0.402. The minimum atomic E-state index is -0.748. The van der Waals surface area contributed by atoms with Crippen LogP contribution in [0.25, 0.3) is 0 Å². The summed E-state index contributed by atoms with van der Waals surface area (Å²) in [5.41, 5.74) is 0. The number of amides is 1. The summed E-state index contributed by atoms with van der Waals surface area (Å²) in [4.78, 5) is 32.6. The Labute approximate surface area is 117 Å². The third-order valence-corrected chi connectivity index (χ3v) is 2.34. The Hall–Kier alpha value is -3.10. The van der Waals surface area contributed by atoms with Gasteiger partial charge in [-0.3, -0.25) is 14.9 Å². The van der Waals surface area contributed by atoms with E-state index in [1.54, 1.807) is 6.07 Å². The monoisotopic (exact) mass is 294 g/mol. The topological polar surface area (TPSA) is 125 Å². The number of nitrogens with one attached hydrogen (secondary N) is 1. The van der Waals surface area contributed by atoms with Gasteiger partial charge in [0.2, 0.25) is 5.76 Å². The van der Waals surface area contributed by atoms with Crippen LogP contribution in [-0.4, -0.2) is 30.0 Å². The van der Waals surface area contributed by atoms with Crippen molar-refractivity contribution in [3.8, 4) is 0 Å². The Morgan fingerprint density at radius 3 is 2.71 bits per heavy atom. The molecule has 1 amide bonds. The van der Waals surface area contributed by atoms with Gasteiger partial charge in [0.05, 0.1) is 18.9 Å². The van der Waals surface area contributed by atoms with Gasteiger partial charge < -0.3 is 18.9 Å². The molecular weight excluding hydrogens is 284 g/mol. The first-order valence-corrected chi connectivity index (χ1v) is 5.81. The first kappa shape index (κ1) is 14.3. The summed E-state index contributed by atoms with van der Waals surface area (Å²) in [6.07, 6.45) is 1.34. The van der Waals surface area contributed by atoms with Crippen LogP contribution in [0.3, 0.4) is 0 Å². The van der Waals surface area contributed by atoms with Crippen molar-refractivity contribution >= 4 is 17.8 Å². The molecule has 0 aromatic carbocycles. The van der Waals surface area contributed by atoms with Crippen LogP contribution in [0.1, 0.15) is 21.1 Å². The van der Waals surface area contributed by atoms with Crippen LogP contribution in [0.15, 0.2) is 39.4 Å². The second-order valence-electron chi connectivity index (χ2n) is 3.76. The zero-order valence-electron chi connectivity index (χ0n) is 10.6. The predicted octanol–water partition coefficient (Wildman–Crippen LogP) is 1.37. The van der Waals surface area contributed by atoms with Crippen molar-refractivity contribution < 1.29 is 28.1 Å². The summed E-state index contributed by atoms with van der Waals surface area (Å²) in [7, 11) is 0. The van der Waals surface area contributed by atoms with Crippen molar-refractivity contribution in [3.63, 3.8) is 0 Å². The van der Waals surface area contributed by atoms with Gasteiger partial charge in [-0.05, 0) is 18.2 Å². The quantitative estimate of drug-likeness (QED) is 0.369. The average Bonchev–Trinajstić information content (AvgIpc) is 3.13. The SMILES string of the molecule is O=C(NCCOC(=O)c1ccco1)c1ccc([N+](=O)[O-])o1. The zero-order chi connectivity index (χ0) is 15.2. The molecule has 2 heterocycles. The normalized spacial score (nSPS) is 10.1. The number of hydrogen-bond donors (Lipinski definition) is 1. The third-order valence-electron chi connectivity index (χ3n) is 2.34. The van der Waals surface area contributed by atoms with E-state index in [9.17, 15) is 19.7 Å². The molecule has 0 radical (unpaired) electrons. The fraction of sp³-hybridized carbons (Fsp3) is 0.167. The fourth-order valence-electron chi connectivity index (χ4n) is 1.41. The molecule has 0 aliphatic carbocycles. The van der Waals surface area contributed by atoms with Crippen molar-refractivity contribution in [1.29, 1.82) is 0 Å². The molecule has 9 nitrogen and oxygen atoms in total. The predicted molar refractivity (Wildman–Crippen MR) is 66.7 cm³/mol. The number of hydrogen-bond acceptors (Lipinski definition) is 7. The molecule has 0 aliphatic rings. The first-order valence-electron chi connectivity index (χ1n) is 5.81. The number of furan rings is 2. The van der Waals surface area contributed by atoms with Crippen molar-refractivity contribution in [3.05, 3.63) is 52.2 Å². The summed E-state index contributed by atoms with van der Waals surface area (Å²) < 4.78 is 14.4. The van der Waals surface area contributed by atoms with Crippen molar-refractivity contribution in [1.82, 2.24) is 5.32 Å². The lowest BCUT2D eigenvalue weighted by Gasteiger charge is -2.03. The highest BCUT2D eigenvalue weighted by atomic mass is 16.6. The highest BCUT2D eigenvalue weighted by Crippen LogP contribution is 2.15. The van der Waals surface area contributed by atoms with E-state index in [0.717, 1.165) is 6.07 Å². The molecule has 2 rings (SSSR count).